The molecule has 3 N–H and O–H groups in total. The van der Waals surface area contributed by atoms with Crippen LogP contribution in [-0.4, -0.2) is 13.6 Å². The van der Waals surface area contributed by atoms with Crippen LogP contribution < -0.4 is 11.1 Å². The van der Waals surface area contributed by atoms with E-state index in [0.29, 0.717) is 0 Å². The first-order valence-corrected chi connectivity index (χ1v) is 4.71. The van der Waals surface area contributed by atoms with Gasteiger partial charge in [-0.2, -0.15) is 0 Å². The van der Waals surface area contributed by atoms with E-state index in [1.807, 2.05) is 7.05 Å². The van der Waals surface area contributed by atoms with Crippen LogP contribution in [0.25, 0.3) is 6.08 Å². The Morgan fingerprint density at radius 3 is 2.73 bits per heavy atom. The standard InChI is InChI=1S/C11H14F2N2/c1-15-7-3-2-4-8-5-6-9(14)11(13)10(8)12/h2,4-6,15H,3,7,14H2,1H3. The Hall–Kier alpha value is -1.42. The van der Waals surface area contributed by atoms with Crippen LogP contribution in [0.3, 0.4) is 0 Å². The van der Waals surface area contributed by atoms with Gasteiger partial charge in [0, 0.05) is 5.56 Å². The highest BCUT2D eigenvalue weighted by molar-refractivity contribution is 5.55. The second-order valence-corrected chi connectivity index (χ2v) is 3.17. The lowest BCUT2D eigenvalue weighted by molar-refractivity contribution is 0.510. The Morgan fingerprint density at radius 2 is 2.07 bits per heavy atom. The predicted octanol–water partition coefficient (Wildman–Crippen LogP) is 2.17. The first-order valence-electron chi connectivity index (χ1n) is 4.71. The summed E-state index contributed by atoms with van der Waals surface area (Å²) >= 11 is 0. The van der Waals surface area contributed by atoms with E-state index < -0.39 is 11.6 Å². The molecule has 0 aliphatic rings. The molecule has 0 aromatic heterocycles. The van der Waals surface area contributed by atoms with E-state index in [9.17, 15) is 8.78 Å². The van der Waals surface area contributed by atoms with Gasteiger partial charge in [0.1, 0.15) is 0 Å². The van der Waals surface area contributed by atoms with Crippen molar-refractivity contribution in [3.63, 3.8) is 0 Å². The SMILES string of the molecule is CNCCC=Cc1ccc(N)c(F)c1F. The molecule has 0 unspecified atom stereocenters. The van der Waals surface area contributed by atoms with Gasteiger partial charge in [-0.15, -0.1) is 0 Å². The van der Waals surface area contributed by atoms with Crippen molar-refractivity contribution in [3.8, 4) is 0 Å². The Bertz CT molecular complexity index is 362. The summed E-state index contributed by atoms with van der Waals surface area (Å²) in [4.78, 5) is 0. The lowest BCUT2D eigenvalue weighted by atomic mass is 10.1. The lowest BCUT2D eigenvalue weighted by Gasteiger charge is -2.01. The molecule has 0 aliphatic carbocycles. The second kappa shape index (κ2) is 5.46. The van der Waals surface area contributed by atoms with E-state index in [-0.39, 0.29) is 11.3 Å². The van der Waals surface area contributed by atoms with Crippen LogP contribution in [0.4, 0.5) is 14.5 Å². The molecule has 1 aromatic carbocycles. The summed E-state index contributed by atoms with van der Waals surface area (Å²) in [6, 6.07) is 2.82. The third-order valence-electron chi connectivity index (χ3n) is 2.00. The van der Waals surface area contributed by atoms with Crippen molar-refractivity contribution in [2.75, 3.05) is 19.3 Å². The molecule has 4 heteroatoms. The molecule has 0 bridgehead atoms. The summed E-state index contributed by atoms with van der Waals surface area (Å²) in [6.45, 7) is 0.801. The van der Waals surface area contributed by atoms with Crippen molar-refractivity contribution in [3.05, 3.63) is 35.4 Å². The zero-order valence-electron chi connectivity index (χ0n) is 8.56. The van der Waals surface area contributed by atoms with Gasteiger partial charge in [0.25, 0.3) is 0 Å². The maximum Gasteiger partial charge on any atom is 0.182 e. The van der Waals surface area contributed by atoms with E-state index in [1.54, 1.807) is 12.2 Å². The average molecular weight is 212 g/mol. The Labute approximate surface area is 87.8 Å². The maximum atomic E-state index is 13.2. The van der Waals surface area contributed by atoms with Crippen molar-refractivity contribution in [2.45, 2.75) is 6.42 Å². The third-order valence-corrected chi connectivity index (χ3v) is 2.00. The number of nitrogen functional groups attached to an aromatic ring is 1. The molecule has 2 nitrogen and oxygen atoms in total. The minimum Gasteiger partial charge on any atom is -0.396 e. The van der Waals surface area contributed by atoms with E-state index in [0.717, 1.165) is 13.0 Å². The second-order valence-electron chi connectivity index (χ2n) is 3.17. The topological polar surface area (TPSA) is 38.0 Å². The van der Waals surface area contributed by atoms with Gasteiger partial charge in [0.2, 0.25) is 0 Å². The number of hydrogen-bond donors (Lipinski definition) is 2. The molecule has 0 spiro atoms. The maximum absolute atomic E-state index is 13.2. The summed E-state index contributed by atoms with van der Waals surface area (Å²) in [5.41, 5.74) is 5.27. The van der Waals surface area contributed by atoms with E-state index in [1.165, 1.54) is 12.1 Å². The third kappa shape index (κ3) is 3.02. The normalized spacial score (nSPS) is 11.1. The van der Waals surface area contributed by atoms with Gasteiger partial charge < -0.3 is 11.1 Å². The smallest absolute Gasteiger partial charge is 0.182 e. The van der Waals surface area contributed by atoms with Crippen LogP contribution in [0.5, 0.6) is 0 Å². The highest BCUT2D eigenvalue weighted by Gasteiger charge is 2.08. The molecule has 0 heterocycles. The summed E-state index contributed by atoms with van der Waals surface area (Å²) in [6.07, 6.45) is 4.10. The van der Waals surface area contributed by atoms with Gasteiger partial charge in [-0.1, -0.05) is 12.2 Å². The molecule has 0 atom stereocenters. The molecule has 0 saturated carbocycles. The van der Waals surface area contributed by atoms with Crippen LogP contribution in [-0.2, 0) is 0 Å². The first-order chi connectivity index (χ1) is 7.16. The number of anilines is 1. The average Bonchev–Trinajstić information content (AvgIpc) is 2.24. The summed E-state index contributed by atoms with van der Waals surface area (Å²) < 4.78 is 26.3. The zero-order chi connectivity index (χ0) is 11.3. The van der Waals surface area contributed by atoms with Gasteiger partial charge in [-0.05, 0) is 32.1 Å². The lowest BCUT2D eigenvalue weighted by Crippen LogP contribution is -2.05. The fourth-order valence-corrected chi connectivity index (χ4v) is 1.15. The van der Waals surface area contributed by atoms with Crippen molar-refractivity contribution in [1.82, 2.24) is 5.32 Å². The van der Waals surface area contributed by atoms with Gasteiger partial charge in [0.05, 0.1) is 5.69 Å². The highest BCUT2D eigenvalue weighted by atomic mass is 19.2. The number of nitrogens with one attached hydrogen (secondary N) is 1. The highest BCUT2D eigenvalue weighted by Crippen LogP contribution is 2.18. The summed E-state index contributed by atoms with van der Waals surface area (Å²) in [5.74, 6) is -1.87. The number of benzene rings is 1. The predicted molar refractivity (Wildman–Crippen MR) is 58.3 cm³/mol. The number of nitrogens with two attached hydrogens (primary N) is 1. The Morgan fingerprint density at radius 1 is 1.33 bits per heavy atom. The van der Waals surface area contributed by atoms with E-state index in [2.05, 4.69) is 5.32 Å². The number of rotatable bonds is 4. The fraction of sp³-hybridized carbons (Fsp3) is 0.273. The molecule has 0 saturated heterocycles. The molecule has 0 radical (unpaired) electrons. The Balaban J connectivity index is 2.78. The summed E-state index contributed by atoms with van der Waals surface area (Å²) in [7, 11) is 1.83. The van der Waals surface area contributed by atoms with Crippen LogP contribution >= 0.6 is 0 Å². The van der Waals surface area contributed by atoms with E-state index in [4.69, 9.17) is 5.73 Å². The molecule has 0 amide bonds. The van der Waals surface area contributed by atoms with Crippen molar-refractivity contribution >= 4 is 11.8 Å². The molecular weight excluding hydrogens is 198 g/mol. The quantitative estimate of drug-likeness (QED) is 0.593. The van der Waals surface area contributed by atoms with Crippen LogP contribution in [0.1, 0.15) is 12.0 Å². The Kier molecular flexibility index (Phi) is 4.24. The minimum atomic E-state index is -0.981. The van der Waals surface area contributed by atoms with E-state index >= 15 is 0 Å². The summed E-state index contributed by atoms with van der Waals surface area (Å²) in [5, 5.41) is 2.95. The molecule has 0 fully saturated rings. The molecule has 1 aromatic rings. The molecule has 82 valence electrons. The largest absolute Gasteiger partial charge is 0.396 e. The number of halogens is 2. The van der Waals surface area contributed by atoms with Crippen LogP contribution in [0.2, 0.25) is 0 Å². The molecule has 15 heavy (non-hydrogen) atoms. The molecule has 0 aliphatic heterocycles. The molecule has 1 rings (SSSR count). The van der Waals surface area contributed by atoms with Crippen molar-refractivity contribution in [2.24, 2.45) is 0 Å². The fourth-order valence-electron chi connectivity index (χ4n) is 1.15. The minimum absolute atomic E-state index is 0.167. The van der Waals surface area contributed by atoms with Gasteiger partial charge in [-0.3, -0.25) is 0 Å². The van der Waals surface area contributed by atoms with Gasteiger partial charge in [-0.25, -0.2) is 8.78 Å². The zero-order valence-corrected chi connectivity index (χ0v) is 8.56. The van der Waals surface area contributed by atoms with Gasteiger partial charge in [0.15, 0.2) is 11.6 Å². The van der Waals surface area contributed by atoms with Gasteiger partial charge >= 0.3 is 0 Å². The first kappa shape index (κ1) is 11.7. The molecular formula is C11H14F2N2. The monoisotopic (exact) mass is 212 g/mol. The van der Waals surface area contributed by atoms with Crippen LogP contribution in [0.15, 0.2) is 18.2 Å². The van der Waals surface area contributed by atoms with Crippen LogP contribution in [0, 0.1) is 11.6 Å². The number of hydrogen-bond acceptors (Lipinski definition) is 2. The van der Waals surface area contributed by atoms with Crippen molar-refractivity contribution < 1.29 is 8.78 Å². The van der Waals surface area contributed by atoms with Crippen molar-refractivity contribution in [1.29, 1.82) is 0 Å².